The molecule has 1 aromatic rings. The molecule has 0 fully saturated rings. The van der Waals surface area contributed by atoms with Crippen molar-refractivity contribution in [2.45, 2.75) is 32.7 Å². The average molecular weight is 194 g/mol. The van der Waals surface area contributed by atoms with E-state index in [0.29, 0.717) is 18.5 Å². The normalized spacial score (nSPS) is 12.5. The van der Waals surface area contributed by atoms with Gasteiger partial charge in [-0.25, -0.2) is 9.97 Å². The summed E-state index contributed by atoms with van der Waals surface area (Å²) in [7, 11) is 0. The third-order valence-electron chi connectivity index (χ3n) is 2.14. The molecule has 0 aliphatic heterocycles. The summed E-state index contributed by atoms with van der Waals surface area (Å²) in [6.07, 6.45) is 3.75. The van der Waals surface area contributed by atoms with Gasteiger partial charge < -0.3 is 11.1 Å². The Morgan fingerprint density at radius 2 is 2.36 bits per heavy atom. The van der Waals surface area contributed by atoms with E-state index in [9.17, 15) is 0 Å². The number of nitrogens with zero attached hydrogens (tertiary/aromatic N) is 2. The molecule has 0 saturated carbocycles. The summed E-state index contributed by atoms with van der Waals surface area (Å²) in [5.74, 6) is 0.699. The zero-order valence-electron chi connectivity index (χ0n) is 8.83. The lowest BCUT2D eigenvalue weighted by atomic mass is 10.1. The molecule has 1 heterocycles. The molecule has 3 N–H and O–H groups in total. The summed E-state index contributed by atoms with van der Waals surface area (Å²) in [5.41, 5.74) is 6.48. The Kier molecular flexibility index (Phi) is 4.32. The predicted octanol–water partition coefficient (Wildman–Crippen LogP) is 1.32. The van der Waals surface area contributed by atoms with Crippen LogP contribution >= 0.6 is 0 Å². The minimum atomic E-state index is 0.377. The molecule has 1 atom stereocenters. The molecule has 78 valence electrons. The SMILES string of the molecule is CCC(CCN)Nc1nccc(C)n1. The second kappa shape index (κ2) is 5.54. The zero-order valence-corrected chi connectivity index (χ0v) is 8.83. The summed E-state index contributed by atoms with van der Waals surface area (Å²) in [5, 5.41) is 3.27. The number of hydrogen-bond donors (Lipinski definition) is 2. The number of anilines is 1. The minimum absolute atomic E-state index is 0.377. The van der Waals surface area contributed by atoms with E-state index in [0.717, 1.165) is 18.5 Å². The number of aryl methyl sites for hydroxylation is 1. The van der Waals surface area contributed by atoms with Gasteiger partial charge in [0.05, 0.1) is 0 Å². The Balaban J connectivity index is 2.57. The van der Waals surface area contributed by atoms with E-state index in [4.69, 9.17) is 5.73 Å². The Labute approximate surface area is 85.0 Å². The molecule has 0 aromatic carbocycles. The fourth-order valence-corrected chi connectivity index (χ4v) is 1.28. The number of aromatic nitrogens is 2. The van der Waals surface area contributed by atoms with Crippen molar-refractivity contribution in [1.82, 2.24) is 9.97 Å². The van der Waals surface area contributed by atoms with Crippen LogP contribution in [-0.2, 0) is 0 Å². The van der Waals surface area contributed by atoms with Crippen LogP contribution in [0, 0.1) is 6.92 Å². The van der Waals surface area contributed by atoms with Crippen LogP contribution in [0.1, 0.15) is 25.5 Å². The van der Waals surface area contributed by atoms with E-state index >= 15 is 0 Å². The number of nitrogens with two attached hydrogens (primary N) is 1. The molecule has 0 amide bonds. The van der Waals surface area contributed by atoms with Crippen LogP contribution in [0.2, 0.25) is 0 Å². The van der Waals surface area contributed by atoms with E-state index in [2.05, 4.69) is 22.2 Å². The molecule has 1 rings (SSSR count). The minimum Gasteiger partial charge on any atom is -0.351 e. The van der Waals surface area contributed by atoms with Gasteiger partial charge in [0.25, 0.3) is 0 Å². The molecule has 1 aromatic heterocycles. The zero-order chi connectivity index (χ0) is 10.4. The van der Waals surface area contributed by atoms with Crippen molar-refractivity contribution in [3.05, 3.63) is 18.0 Å². The Bertz CT molecular complexity index is 275. The van der Waals surface area contributed by atoms with Gasteiger partial charge in [-0.3, -0.25) is 0 Å². The number of hydrogen-bond acceptors (Lipinski definition) is 4. The van der Waals surface area contributed by atoms with E-state index in [1.807, 2.05) is 13.0 Å². The van der Waals surface area contributed by atoms with Crippen LogP contribution in [0.3, 0.4) is 0 Å². The molecule has 0 aliphatic carbocycles. The van der Waals surface area contributed by atoms with Crippen LogP contribution in [0.4, 0.5) is 5.95 Å². The maximum absolute atomic E-state index is 5.51. The van der Waals surface area contributed by atoms with Crippen molar-refractivity contribution in [1.29, 1.82) is 0 Å². The predicted molar refractivity (Wildman–Crippen MR) is 58.1 cm³/mol. The first-order valence-corrected chi connectivity index (χ1v) is 5.02. The van der Waals surface area contributed by atoms with Gasteiger partial charge in [-0.2, -0.15) is 0 Å². The van der Waals surface area contributed by atoms with Gasteiger partial charge in [-0.1, -0.05) is 6.92 Å². The highest BCUT2D eigenvalue weighted by molar-refractivity contribution is 5.26. The largest absolute Gasteiger partial charge is 0.351 e. The number of rotatable bonds is 5. The molecule has 0 saturated heterocycles. The van der Waals surface area contributed by atoms with Crippen LogP contribution in [-0.4, -0.2) is 22.6 Å². The Morgan fingerprint density at radius 3 is 2.93 bits per heavy atom. The standard InChI is InChI=1S/C10H18N4/c1-3-9(4-6-11)14-10-12-7-5-8(2)13-10/h5,7,9H,3-4,6,11H2,1-2H3,(H,12,13,14). The molecule has 1 unspecified atom stereocenters. The second-order valence-electron chi connectivity index (χ2n) is 3.35. The molecule has 0 spiro atoms. The lowest BCUT2D eigenvalue weighted by Crippen LogP contribution is -2.23. The summed E-state index contributed by atoms with van der Waals surface area (Å²) >= 11 is 0. The third-order valence-corrected chi connectivity index (χ3v) is 2.14. The van der Waals surface area contributed by atoms with Crippen LogP contribution in [0.15, 0.2) is 12.3 Å². The van der Waals surface area contributed by atoms with E-state index < -0.39 is 0 Å². The monoisotopic (exact) mass is 194 g/mol. The van der Waals surface area contributed by atoms with Gasteiger partial charge in [0.15, 0.2) is 0 Å². The molecule has 14 heavy (non-hydrogen) atoms. The molecule has 0 bridgehead atoms. The fraction of sp³-hybridized carbons (Fsp3) is 0.600. The van der Waals surface area contributed by atoms with E-state index in [-0.39, 0.29) is 0 Å². The fourth-order valence-electron chi connectivity index (χ4n) is 1.28. The maximum Gasteiger partial charge on any atom is 0.223 e. The Morgan fingerprint density at radius 1 is 1.57 bits per heavy atom. The molecular formula is C10H18N4. The van der Waals surface area contributed by atoms with Crippen LogP contribution in [0.25, 0.3) is 0 Å². The molecule has 0 radical (unpaired) electrons. The quantitative estimate of drug-likeness (QED) is 0.742. The summed E-state index contributed by atoms with van der Waals surface area (Å²) in [4.78, 5) is 8.43. The first-order valence-electron chi connectivity index (χ1n) is 5.02. The molecule has 4 heteroatoms. The highest BCUT2D eigenvalue weighted by atomic mass is 15.1. The van der Waals surface area contributed by atoms with Crippen molar-refractivity contribution < 1.29 is 0 Å². The van der Waals surface area contributed by atoms with Gasteiger partial charge >= 0.3 is 0 Å². The molecular weight excluding hydrogens is 176 g/mol. The number of nitrogens with one attached hydrogen (secondary N) is 1. The van der Waals surface area contributed by atoms with Crippen LogP contribution in [0.5, 0.6) is 0 Å². The van der Waals surface area contributed by atoms with Gasteiger partial charge in [-0.05, 0) is 32.4 Å². The van der Waals surface area contributed by atoms with Gasteiger partial charge in [0, 0.05) is 17.9 Å². The Hall–Kier alpha value is -1.16. The summed E-state index contributed by atoms with van der Waals surface area (Å²) in [6.45, 7) is 4.77. The summed E-state index contributed by atoms with van der Waals surface area (Å²) < 4.78 is 0. The van der Waals surface area contributed by atoms with Crippen molar-refractivity contribution in [2.24, 2.45) is 5.73 Å². The van der Waals surface area contributed by atoms with Crippen molar-refractivity contribution in [3.63, 3.8) is 0 Å². The first kappa shape index (κ1) is 10.9. The van der Waals surface area contributed by atoms with Gasteiger partial charge in [0.1, 0.15) is 0 Å². The second-order valence-corrected chi connectivity index (χ2v) is 3.35. The van der Waals surface area contributed by atoms with E-state index in [1.165, 1.54) is 0 Å². The topological polar surface area (TPSA) is 63.8 Å². The third kappa shape index (κ3) is 3.30. The molecule has 0 aliphatic rings. The van der Waals surface area contributed by atoms with Crippen molar-refractivity contribution in [2.75, 3.05) is 11.9 Å². The lowest BCUT2D eigenvalue weighted by molar-refractivity contribution is 0.636. The van der Waals surface area contributed by atoms with Crippen LogP contribution < -0.4 is 11.1 Å². The smallest absolute Gasteiger partial charge is 0.223 e. The van der Waals surface area contributed by atoms with E-state index in [1.54, 1.807) is 6.20 Å². The van der Waals surface area contributed by atoms with Crippen molar-refractivity contribution >= 4 is 5.95 Å². The highest BCUT2D eigenvalue weighted by Crippen LogP contribution is 2.05. The van der Waals surface area contributed by atoms with Crippen molar-refractivity contribution in [3.8, 4) is 0 Å². The maximum atomic E-state index is 5.51. The lowest BCUT2D eigenvalue weighted by Gasteiger charge is -2.15. The van der Waals surface area contributed by atoms with Gasteiger partial charge in [0.2, 0.25) is 5.95 Å². The highest BCUT2D eigenvalue weighted by Gasteiger charge is 2.05. The van der Waals surface area contributed by atoms with Gasteiger partial charge in [-0.15, -0.1) is 0 Å². The average Bonchev–Trinajstić information content (AvgIpc) is 2.17. The first-order chi connectivity index (χ1) is 6.76. The molecule has 4 nitrogen and oxygen atoms in total. The summed E-state index contributed by atoms with van der Waals surface area (Å²) in [6, 6.07) is 2.26.